The van der Waals surface area contributed by atoms with Crippen molar-refractivity contribution in [1.29, 1.82) is 0 Å². The molecule has 0 spiro atoms. The first kappa shape index (κ1) is 23.7. The highest BCUT2D eigenvalue weighted by molar-refractivity contribution is 7.92. The van der Waals surface area contributed by atoms with E-state index < -0.39 is 10.0 Å². The van der Waals surface area contributed by atoms with Gasteiger partial charge in [0.25, 0.3) is 5.56 Å². The maximum absolute atomic E-state index is 13.2. The van der Waals surface area contributed by atoms with Gasteiger partial charge in [0.15, 0.2) is 0 Å². The van der Waals surface area contributed by atoms with E-state index in [1.54, 1.807) is 25.1 Å². The third-order valence-electron chi connectivity index (χ3n) is 5.32. The van der Waals surface area contributed by atoms with Gasteiger partial charge in [0.05, 0.1) is 23.7 Å². The number of amides is 1. The molecule has 2 N–H and O–H groups in total. The average Bonchev–Trinajstić information content (AvgIpc) is 3.20. The first-order valence-corrected chi connectivity index (χ1v) is 13.3. The smallest absolute Gasteiger partial charge is 0.262 e. The second-order valence-corrected chi connectivity index (χ2v) is 10.7. The van der Waals surface area contributed by atoms with Crippen molar-refractivity contribution in [3.63, 3.8) is 0 Å². The van der Waals surface area contributed by atoms with Gasteiger partial charge in [-0.15, -0.1) is 11.3 Å². The summed E-state index contributed by atoms with van der Waals surface area (Å²) in [5.41, 5.74) is 4.32. The molecule has 4 aromatic rings. The van der Waals surface area contributed by atoms with E-state index in [1.165, 1.54) is 22.2 Å². The Bertz CT molecular complexity index is 1540. The number of aryl methyl sites for hydroxylation is 3. The maximum atomic E-state index is 13.2. The molecule has 0 saturated carbocycles. The molecule has 0 aliphatic heterocycles. The predicted molar refractivity (Wildman–Crippen MR) is 137 cm³/mol. The average molecular weight is 497 g/mol. The lowest BCUT2D eigenvalue weighted by Crippen LogP contribution is -2.23. The van der Waals surface area contributed by atoms with E-state index in [0.29, 0.717) is 21.6 Å². The SMILES string of the molecule is Cc1ccc(-c2csc3ncn(CCC(=O)Nc4ccc(C)c(NS(C)(=O)=O)c4)c(=O)c23)cc1. The number of nitrogens with one attached hydrogen (secondary N) is 2. The highest BCUT2D eigenvalue weighted by Gasteiger charge is 2.14. The van der Waals surface area contributed by atoms with Crippen LogP contribution in [-0.2, 0) is 21.4 Å². The van der Waals surface area contributed by atoms with Crippen LogP contribution in [0.3, 0.4) is 0 Å². The number of nitrogens with zero attached hydrogens (tertiary/aromatic N) is 2. The van der Waals surface area contributed by atoms with E-state index in [0.717, 1.165) is 28.5 Å². The van der Waals surface area contributed by atoms with Crippen LogP contribution in [0.5, 0.6) is 0 Å². The Kier molecular flexibility index (Phi) is 6.54. The van der Waals surface area contributed by atoms with Gasteiger partial charge >= 0.3 is 0 Å². The van der Waals surface area contributed by atoms with Crippen LogP contribution in [0.2, 0.25) is 0 Å². The standard InChI is InChI=1S/C24H24N4O4S2/c1-15-4-7-17(8-5-15)19-13-33-23-22(19)24(30)28(14-25-23)11-10-21(29)26-18-9-6-16(2)20(12-18)27-34(3,31)32/h4-9,12-14,27H,10-11H2,1-3H3,(H,26,29). The Morgan fingerprint density at radius 3 is 2.56 bits per heavy atom. The van der Waals surface area contributed by atoms with Crippen molar-refractivity contribution < 1.29 is 13.2 Å². The van der Waals surface area contributed by atoms with E-state index in [2.05, 4.69) is 15.0 Å². The minimum Gasteiger partial charge on any atom is -0.326 e. The van der Waals surface area contributed by atoms with Gasteiger partial charge in [-0.2, -0.15) is 0 Å². The zero-order chi connectivity index (χ0) is 24.5. The molecule has 2 aromatic heterocycles. The van der Waals surface area contributed by atoms with Gasteiger partial charge in [-0.3, -0.25) is 18.9 Å². The van der Waals surface area contributed by atoms with Crippen molar-refractivity contribution >= 4 is 48.9 Å². The molecule has 0 aliphatic rings. The molecule has 1 amide bonds. The number of hydrogen-bond acceptors (Lipinski definition) is 6. The summed E-state index contributed by atoms with van der Waals surface area (Å²) >= 11 is 1.42. The molecular weight excluding hydrogens is 472 g/mol. The molecule has 8 nitrogen and oxygen atoms in total. The summed E-state index contributed by atoms with van der Waals surface area (Å²) in [6.45, 7) is 3.94. The molecule has 0 bridgehead atoms. The van der Waals surface area contributed by atoms with Crippen LogP contribution >= 0.6 is 11.3 Å². The van der Waals surface area contributed by atoms with Crippen LogP contribution in [0.25, 0.3) is 21.3 Å². The Morgan fingerprint density at radius 2 is 1.85 bits per heavy atom. The second kappa shape index (κ2) is 9.40. The number of benzene rings is 2. The summed E-state index contributed by atoms with van der Waals surface area (Å²) in [6, 6.07) is 12.9. The highest BCUT2D eigenvalue weighted by Crippen LogP contribution is 2.30. The van der Waals surface area contributed by atoms with E-state index >= 15 is 0 Å². The van der Waals surface area contributed by atoms with Crippen LogP contribution in [0.1, 0.15) is 17.5 Å². The molecule has 0 atom stereocenters. The number of sulfonamides is 1. The quantitative estimate of drug-likeness (QED) is 0.400. The van der Waals surface area contributed by atoms with Gasteiger partial charge in [-0.1, -0.05) is 35.9 Å². The Balaban J connectivity index is 1.51. The van der Waals surface area contributed by atoms with E-state index in [9.17, 15) is 18.0 Å². The van der Waals surface area contributed by atoms with E-state index in [4.69, 9.17) is 0 Å². The minimum absolute atomic E-state index is 0.0554. The van der Waals surface area contributed by atoms with Crippen molar-refractivity contribution in [2.45, 2.75) is 26.8 Å². The molecule has 4 rings (SSSR count). The lowest BCUT2D eigenvalue weighted by Gasteiger charge is -2.11. The Hall–Kier alpha value is -3.50. The fraction of sp³-hybridized carbons (Fsp3) is 0.208. The molecule has 0 saturated heterocycles. The normalized spacial score (nSPS) is 11.5. The third-order valence-corrected chi connectivity index (χ3v) is 6.80. The second-order valence-electron chi connectivity index (χ2n) is 8.14. The van der Waals surface area contributed by atoms with Gasteiger partial charge in [0.2, 0.25) is 15.9 Å². The summed E-state index contributed by atoms with van der Waals surface area (Å²) < 4.78 is 27.0. The molecular formula is C24H24N4O4S2. The fourth-order valence-corrected chi connectivity index (χ4v) is 5.05. The number of anilines is 2. The number of fused-ring (bicyclic) bond motifs is 1. The number of carbonyl (C=O) groups excluding carboxylic acids is 1. The van der Waals surface area contributed by atoms with E-state index in [-0.39, 0.29) is 24.4 Å². The first-order valence-electron chi connectivity index (χ1n) is 10.5. The summed E-state index contributed by atoms with van der Waals surface area (Å²) in [4.78, 5) is 30.8. The van der Waals surface area contributed by atoms with Crippen molar-refractivity contribution in [3.05, 3.63) is 75.7 Å². The predicted octanol–water partition coefficient (Wildman–Crippen LogP) is 4.14. The third kappa shape index (κ3) is 5.35. The van der Waals surface area contributed by atoms with E-state index in [1.807, 2.05) is 36.6 Å². The number of hydrogen-bond donors (Lipinski definition) is 2. The Labute approximate surface area is 201 Å². The number of rotatable bonds is 7. The number of carbonyl (C=O) groups is 1. The minimum atomic E-state index is -3.44. The summed E-state index contributed by atoms with van der Waals surface area (Å²) in [7, 11) is -3.44. The largest absolute Gasteiger partial charge is 0.326 e. The number of thiophene rings is 1. The van der Waals surface area contributed by atoms with Gasteiger partial charge in [0.1, 0.15) is 4.83 Å². The monoisotopic (exact) mass is 496 g/mol. The van der Waals surface area contributed by atoms with Gasteiger partial charge in [0, 0.05) is 29.6 Å². The lowest BCUT2D eigenvalue weighted by molar-refractivity contribution is -0.116. The maximum Gasteiger partial charge on any atom is 0.262 e. The lowest BCUT2D eigenvalue weighted by atomic mass is 10.1. The molecule has 0 fully saturated rings. The molecule has 2 aromatic carbocycles. The summed E-state index contributed by atoms with van der Waals surface area (Å²) in [6.07, 6.45) is 2.59. The zero-order valence-electron chi connectivity index (χ0n) is 19.0. The van der Waals surface area contributed by atoms with Crippen LogP contribution in [-0.4, -0.2) is 30.1 Å². The summed E-state index contributed by atoms with van der Waals surface area (Å²) in [5.74, 6) is -0.301. The van der Waals surface area contributed by atoms with Gasteiger partial charge < -0.3 is 5.32 Å². The van der Waals surface area contributed by atoms with Crippen molar-refractivity contribution in [1.82, 2.24) is 9.55 Å². The zero-order valence-corrected chi connectivity index (χ0v) is 20.6. The fourth-order valence-electron chi connectivity index (χ4n) is 3.53. The van der Waals surface area contributed by atoms with Crippen LogP contribution in [0, 0.1) is 13.8 Å². The van der Waals surface area contributed by atoms with Gasteiger partial charge in [-0.25, -0.2) is 13.4 Å². The van der Waals surface area contributed by atoms with Crippen LogP contribution in [0.15, 0.2) is 59.0 Å². The molecule has 0 aliphatic carbocycles. The molecule has 2 heterocycles. The summed E-state index contributed by atoms with van der Waals surface area (Å²) in [5, 5.41) is 5.23. The van der Waals surface area contributed by atoms with Crippen LogP contribution < -0.4 is 15.6 Å². The van der Waals surface area contributed by atoms with Gasteiger partial charge in [-0.05, 0) is 37.1 Å². The van der Waals surface area contributed by atoms with Crippen molar-refractivity contribution in [2.24, 2.45) is 0 Å². The van der Waals surface area contributed by atoms with Crippen molar-refractivity contribution in [3.8, 4) is 11.1 Å². The molecule has 10 heteroatoms. The molecule has 176 valence electrons. The topological polar surface area (TPSA) is 110 Å². The first-order chi connectivity index (χ1) is 16.1. The Morgan fingerprint density at radius 1 is 1.12 bits per heavy atom. The van der Waals surface area contributed by atoms with Crippen molar-refractivity contribution in [2.75, 3.05) is 16.3 Å². The highest BCUT2D eigenvalue weighted by atomic mass is 32.2. The molecule has 0 radical (unpaired) electrons. The molecule has 0 unspecified atom stereocenters. The molecule has 34 heavy (non-hydrogen) atoms. The van der Waals surface area contributed by atoms with Crippen LogP contribution in [0.4, 0.5) is 11.4 Å². The number of aromatic nitrogens is 2.